The van der Waals surface area contributed by atoms with Gasteiger partial charge in [-0.1, -0.05) is 0 Å². The van der Waals surface area contributed by atoms with Crippen molar-refractivity contribution in [2.45, 2.75) is 127 Å². The fourth-order valence-electron chi connectivity index (χ4n) is 7.16. The van der Waals surface area contributed by atoms with Crippen LogP contribution in [0.5, 0.6) is 0 Å². The SMILES string of the molecule is OCC1OC(CO)(OCC2OC(OC3(COC4(COC5(CO)OC(CO)C(O)C5O)OC(CO)C(O)C4O)OC(CO)C(O)C3O)C(O)C(O)C2O)C(O)C1O. The number of ether oxygens (including phenoxy) is 9. The zero-order valence-corrected chi connectivity index (χ0v) is 29.5. The lowest BCUT2D eigenvalue weighted by Crippen LogP contribution is -2.64. The second-order valence-electron chi connectivity index (χ2n) is 14.2. The molecule has 21 unspecified atom stereocenters. The van der Waals surface area contributed by atoms with Gasteiger partial charge in [-0.05, 0) is 0 Å². The first-order chi connectivity index (χ1) is 26.4. The molecule has 5 aliphatic rings. The number of aliphatic hydroxyl groups is 17. The van der Waals surface area contributed by atoms with Crippen LogP contribution in [0.2, 0.25) is 0 Å². The van der Waals surface area contributed by atoms with Crippen LogP contribution in [0, 0.1) is 0 Å². The number of rotatable bonds is 17. The van der Waals surface area contributed by atoms with Crippen LogP contribution in [-0.2, 0) is 42.6 Å². The first-order valence-corrected chi connectivity index (χ1v) is 17.5. The molecule has 56 heavy (non-hydrogen) atoms. The van der Waals surface area contributed by atoms with Gasteiger partial charge in [0.1, 0.15) is 124 Å². The van der Waals surface area contributed by atoms with Crippen LogP contribution < -0.4 is 0 Å². The highest BCUT2D eigenvalue weighted by atomic mass is 16.8. The summed E-state index contributed by atoms with van der Waals surface area (Å²) in [4.78, 5) is 0. The summed E-state index contributed by atoms with van der Waals surface area (Å²) in [6, 6.07) is 0. The minimum Gasteiger partial charge on any atom is -0.394 e. The molecule has 21 atom stereocenters. The van der Waals surface area contributed by atoms with E-state index >= 15 is 0 Å². The van der Waals surface area contributed by atoms with E-state index in [9.17, 15) is 86.8 Å². The Morgan fingerprint density at radius 3 is 1.16 bits per heavy atom. The fourth-order valence-corrected chi connectivity index (χ4v) is 7.16. The molecule has 0 aliphatic carbocycles. The van der Waals surface area contributed by atoms with E-state index in [2.05, 4.69) is 0 Å². The average Bonchev–Trinajstić information content (AvgIpc) is 3.80. The molecule has 0 spiro atoms. The third kappa shape index (κ3) is 7.97. The van der Waals surface area contributed by atoms with Crippen molar-refractivity contribution >= 4 is 0 Å². The Labute approximate surface area is 316 Å². The largest absolute Gasteiger partial charge is 0.394 e. The predicted molar refractivity (Wildman–Crippen MR) is 167 cm³/mol. The summed E-state index contributed by atoms with van der Waals surface area (Å²) in [6.45, 7) is -9.17. The number of hydrogen-bond acceptors (Lipinski definition) is 26. The van der Waals surface area contributed by atoms with Crippen molar-refractivity contribution < 1.29 is 129 Å². The first kappa shape index (κ1) is 46.0. The Morgan fingerprint density at radius 1 is 0.375 bits per heavy atom. The van der Waals surface area contributed by atoms with Crippen LogP contribution in [0.25, 0.3) is 0 Å². The van der Waals surface area contributed by atoms with Gasteiger partial charge in [-0.15, -0.1) is 0 Å². The maximum absolute atomic E-state index is 11.3. The molecule has 0 amide bonds. The van der Waals surface area contributed by atoms with Crippen molar-refractivity contribution in [2.75, 3.05) is 59.5 Å². The van der Waals surface area contributed by atoms with Crippen molar-refractivity contribution in [1.82, 2.24) is 0 Å². The van der Waals surface area contributed by atoms with Crippen molar-refractivity contribution in [3.05, 3.63) is 0 Å². The second kappa shape index (κ2) is 17.9. The highest BCUT2D eigenvalue weighted by molar-refractivity contribution is 5.04. The minimum atomic E-state index is -2.82. The molecular weight excluding hydrogens is 776 g/mol. The Balaban J connectivity index is 1.41. The number of hydrogen-bond donors (Lipinski definition) is 17. The molecule has 26 nitrogen and oxygen atoms in total. The lowest BCUT2D eigenvalue weighted by molar-refractivity contribution is -0.407. The van der Waals surface area contributed by atoms with Crippen molar-refractivity contribution in [3.63, 3.8) is 0 Å². The molecule has 0 aromatic carbocycles. The van der Waals surface area contributed by atoms with E-state index in [1.807, 2.05) is 0 Å². The topological polar surface area (TPSA) is 427 Å². The van der Waals surface area contributed by atoms with Gasteiger partial charge in [-0.2, -0.15) is 0 Å². The summed E-state index contributed by atoms with van der Waals surface area (Å²) >= 11 is 0. The standard InChI is InChI=1S/C30H52O26/c31-1-10-16(38)22(44)27(6-35,52-10)48-5-14-15(37)20(42)21(43)26(51-14)56-30(25(47)19(41)13(4-34)55-30)9-50-29(24(46)18(40)12(3-33)54-29)8-49-28(7-36)23(45)17(39)11(2-32)53-28/h10-26,31-47H,1-9H2. The van der Waals surface area contributed by atoms with E-state index in [1.165, 1.54) is 0 Å². The van der Waals surface area contributed by atoms with Gasteiger partial charge in [0.15, 0.2) is 6.29 Å². The molecule has 5 fully saturated rings. The van der Waals surface area contributed by atoms with Crippen LogP contribution in [0.3, 0.4) is 0 Å². The number of aliphatic hydroxyl groups excluding tert-OH is 17. The third-order valence-electron chi connectivity index (χ3n) is 10.7. The quantitative estimate of drug-likeness (QED) is 0.0647. The molecular formula is C30H52O26. The highest BCUT2D eigenvalue weighted by Gasteiger charge is 2.64. The Morgan fingerprint density at radius 2 is 0.732 bits per heavy atom. The van der Waals surface area contributed by atoms with Gasteiger partial charge in [0, 0.05) is 0 Å². The smallest absolute Gasteiger partial charge is 0.224 e. The van der Waals surface area contributed by atoms with E-state index < -0.39 is 187 Å². The summed E-state index contributed by atoms with van der Waals surface area (Å²) < 4.78 is 50.1. The third-order valence-corrected chi connectivity index (χ3v) is 10.7. The van der Waals surface area contributed by atoms with Gasteiger partial charge in [-0.3, -0.25) is 0 Å². The van der Waals surface area contributed by atoms with E-state index in [-0.39, 0.29) is 0 Å². The maximum Gasteiger partial charge on any atom is 0.224 e. The summed E-state index contributed by atoms with van der Waals surface area (Å²) in [7, 11) is 0. The van der Waals surface area contributed by atoms with Crippen LogP contribution in [-0.4, -0.2) is 273 Å². The van der Waals surface area contributed by atoms with Crippen molar-refractivity contribution in [3.8, 4) is 0 Å². The van der Waals surface area contributed by atoms with Gasteiger partial charge in [0.2, 0.25) is 23.1 Å². The summed E-state index contributed by atoms with van der Waals surface area (Å²) in [5.41, 5.74) is 0. The second-order valence-corrected chi connectivity index (χ2v) is 14.2. The van der Waals surface area contributed by atoms with Gasteiger partial charge in [-0.25, -0.2) is 0 Å². The average molecular weight is 829 g/mol. The first-order valence-electron chi connectivity index (χ1n) is 17.5. The zero-order valence-electron chi connectivity index (χ0n) is 29.5. The van der Waals surface area contributed by atoms with Crippen LogP contribution in [0.15, 0.2) is 0 Å². The lowest BCUT2D eigenvalue weighted by atomic mass is 9.98. The van der Waals surface area contributed by atoms with Crippen molar-refractivity contribution in [1.29, 1.82) is 0 Å². The Kier molecular flexibility index (Phi) is 14.7. The fraction of sp³-hybridized carbons (Fsp3) is 1.00. The minimum absolute atomic E-state index is 0.805. The molecule has 0 aromatic rings. The summed E-state index contributed by atoms with van der Waals surface area (Å²) in [5.74, 6) is -10.4. The Bertz CT molecular complexity index is 1270. The normalized spacial score (nSPS) is 52.3. The van der Waals surface area contributed by atoms with E-state index in [1.54, 1.807) is 0 Å². The monoisotopic (exact) mass is 828 g/mol. The molecule has 5 saturated heterocycles. The molecule has 0 radical (unpaired) electrons. The maximum atomic E-state index is 11.3. The van der Waals surface area contributed by atoms with Gasteiger partial charge in [0.25, 0.3) is 0 Å². The van der Waals surface area contributed by atoms with Crippen molar-refractivity contribution in [2.24, 2.45) is 0 Å². The molecule has 0 saturated carbocycles. The van der Waals surface area contributed by atoms with E-state index in [0.717, 1.165) is 0 Å². The van der Waals surface area contributed by atoms with Crippen LogP contribution in [0.4, 0.5) is 0 Å². The Hall–Kier alpha value is -1.04. The molecule has 5 heterocycles. The van der Waals surface area contributed by atoms with E-state index in [0.29, 0.717) is 0 Å². The molecule has 26 heteroatoms. The summed E-state index contributed by atoms with van der Waals surface area (Å²) in [5, 5.41) is 177. The molecule has 17 N–H and O–H groups in total. The lowest BCUT2D eigenvalue weighted by Gasteiger charge is -2.45. The highest BCUT2D eigenvalue weighted by Crippen LogP contribution is 2.42. The summed E-state index contributed by atoms with van der Waals surface area (Å²) in [6.07, 6.45) is -32.5. The molecule has 5 rings (SSSR count). The predicted octanol–water partition coefficient (Wildman–Crippen LogP) is -11.9. The molecule has 328 valence electrons. The van der Waals surface area contributed by atoms with Gasteiger partial charge >= 0.3 is 0 Å². The molecule has 0 bridgehead atoms. The van der Waals surface area contributed by atoms with Gasteiger partial charge < -0.3 is 129 Å². The van der Waals surface area contributed by atoms with Crippen LogP contribution in [0.1, 0.15) is 0 Å². The van der Waals surface area contributed by atoms with E-state index in [4.69, 9.17) is 42.6 Å². The van der Waals surface area contributed by atoms with Gasteiger partial charge in [0.05, 0.1) is 33.0 Å². The molecule has 0 aromatic heterocycles. The zero-order chi connectivity index (χ0) is 41.5. The molecule has 5 aliphatic heterocycles. The van der Waals surface area contributed by atoms with Crippen LogP contribution >= 0.6 is 0 Å².